The van der Waals surface area contributed by atoms with Crippen LogP contribution in [0.5, 0.6) is 5.75 Å². The molecule has 4 nitrogen and oxygen atoms in total. The third-order valence-corrected chi connectivity index (χ3v) is 11.6. The highest BCUT2D eigenvalue weighted by atomic mass is 16.5. The molecule has 4 aromatic carbocycles. The molecule has 0 radical (unpaired) electrons. The van der Waals surface area contributed by atoms with Crippen LogP contribution in [0.2, 0.25) is 0 Å². The Morgan fingerprint density at radius 2 is 1.03 bits per heavy atom. The normalized spacial score (nSPS) is 11.9. The third kappa shape index (κ3) is 15.6. The van der Waals surface area contributed by atoms with Crippen molar-refractivity contribution >= 4 is 22.8 Å². The molecule has 0 bridgehead atoms. The number of hydrogen-bond acceptors (Lipinski definition) is 4. The minimum absolute atomic E-state index is 0.595. The summed E-state index contributed by atoms with van der Waals surface area (Å²) in [6.45, 7) is 11.5. The second-order valence-corrected chi connectivity index (χ2v) is 17.0. The maximum absolute atomic E-state index is 6.83. The molecule has 5 rings (SSSR count). The molecule has 5 aromatic rings. The smallest absolute Gasteiger partial charge is 0.135 e. The topological polar surface area (TPSA) is 46.8 Å². The van der Waals surface area contributed by atoms with E-state index in [9.17, 15) is 0 Å². The van der Waals surface area contributed by atoms with Gasteiger partial charge in [0.15, 0.2) is 0 Å². The van der Waals surface area contributed by atoms with Crippen LogP contribution in [0.15, 0.2) is 119 Å². The summed E-state index contributed by atoms with van der Waals surface area (Å²) >= 11 is 0. The highest BCUT2D eigenvalue weighted by molar-refractivity contribution is 6.13. The summed E-state index contributed by atoms with van der Waals surface area (Å²) in [7, 11) is 0. The van der Waals surface area contributed by atoms with Gasteiger partial charge in [0, 0.05) is 41.2 Å². The van der Waals surface area contributed by atoms with Gasteiger partial charge >= 0.3 is 0 Å². The Balaban J connectivity index is 1.24. The lowest BCUT2D eigenvalue weighted by Gasteiger charge is -2.18. The van der Waals surface area contributed by atoms with E-state index in [0.717, 1.165) is 62.8 Å². The number of aromatic nitrogens is 1. The molecular weight excluding hydrogens is 731 g/mol. The van der Waals surface area contributed by atoms with Crippen molar-refractivity contribution in [2.45, 2.75) is 157 Å². The van der Waals surface area contributed by atoms with Gasteiger partial charge < -0.3 is 4.74 Å². The number of aliphatic imine (C=N–C) groups is 2. The third-order valence-electron chi connectivity index (χ3n) is 11.6. The van der Waals surface area contributed by atoms with Crippen LogP contribution in [0.25, 0.3) is 22.3 Å². The van der Waals surface area contributed by atoms with Crippen molar-refractivity contribution in [2.24, 2.45) is 9.98 Å². The summed E-state index contributed by atoms with van der Waals surface area (Å²) < 4.78 is 6.83. The van der Waals surface area contributed by atoms with E-state index < -0.39 is 0 Å². The molecule has 0 atom stereocenters. The first kappa shape index (κ1) is 46.2. The molecule has 0 N–H and O–H groups in total. The number of hydrogen-bond donors (Lipinski definition) is 0. The second-order valence-electron chi connectivity index (χ2n) is 17.0. The molecule has 0 unspecified atom stereocenters. The average Bonchev–Trinajstić information content (AvgIpc) is 3.26. The zero-order chi connectivity index (χ0) is 42.2. The maximum atomic E-state index is 6.83. The summed E-state index contributed by atoms with van der Waals surface area (Å²) in [6.07, 6.45) is 28.9. The Morgan fingerprint density at radius 1 is 0.550 bits per heavy atom. The molecule has 4 heteroatoms. The number of rotatable bonds is 27. The standard InChI is InChI=1S/C56H73N3O/c1-6-7-8-9-10-11-12-13-14-15-16-17-18-19-20-21-22-29-37-60-56-52(48-31-25-23-26-32-48)41-51(42-53(56)49-33-27-24-28-34-49)59-54(50-35-30-36-57-43-50)40-47(5)58-55-45(3)38-44(2)39-46(55)4/h23-28,30-36,38-39,41-43H,6-22,29,37,40H2,1-5H3. The quantitative estimate of drug-likeness (QED) is 0.0392. The van der Waals surface area contributed by atoms with Crippen LogP contribution in [0, 0.1) is 20.8 Å². The van der Waals surface area contributed by atoms with Crippen molar-refractivity contribution < 1.29 is 4.74 Å². The first-order valence-corrected chi connectivity index (χ1v) is 23.4. The molecule has 0 saturated carbocycles. The van der Waals surface area contributed by atoms with Gasteiger partial charge in [-0.15, -0.1) is 0 Å². The summed E-state index contributed by atoms with van der Waals surface area (Å²) in [5, 5.41) is 0. The molecule has 0 aliphatic rings. The predicted octanol–water partition coefficient (Wildman–Crippen LogP) is 17.1. The summed E-state index contributed by atoms with van der Waals surface area (Å²) in [5.74, 6) is 0.921. The summed E-state index contributed by atoms with van der Waals surface area (Å²) in [5.41, 5.74) is 12.8. The van der Waals surface area contributed by atoms with Crippen molar-refractivity contribution in [3.8, 4) is 28.0 Å². The van der Waals surface area contributed by atoms with Gasteiger partial charge in [0.25, 0.3) is 0 Å². The van der Waals surface area contributed by atoms with E-state index >= 15 is 0 Å². The number of unbranched alkanes of at least 4 members (excludes halogenated alkanes) is 17. The van der Waals surface area contributed by atoms with Gasteiger partial charge in [0.1, 0.15) is 5.75 Å². The molecule has 0 aliphatic heterocycles. The second kappa shape index (κ2) is 26.4. The van der Waals surface area contributed by atoms with Gasteiger partial charge in [-0.3, -0.25) is 15.0 Å². The van der Waals surface area contributed by atoms with Crippen LogP contribution in [0.3, 0.4) is 0 Å². The molecule has 0 spiro atoms. The van der Waals surface area contributed by atoms with Crippen molar-refractivity contribution in [3.63, 3.8) is 0 Å². The summed E-state index contributed by atoms with van der Waals surface area (Å²) in [4.78, 5) is 15.0. The number of ether oxygens (including phenoxy) is 1. The molecule has 0 fully saturated rings. The lowest BCUT2D eigenvalue weighted by atomic mass is 9.96. The SMILES string of the molecule is CCCCCCCCCCCCCCCCCCCCOc1c(-c2ccccc2)cc(N=C(CC(C)=Nc2c(C)cc(C)cc2C)c2cccnc2)cc1-c1ccccc1. The molecule has 60 heavy (non-hydrogen) atoms. The van der Waals surface area contributed by atoms with Crippen LogP contribution in [0.1, 0.15) is 158 Å². The van der Waals surface area contributed by atoms with Gasteiger partial charge in [-0.05, 0) is 74.6 Å². The highest BCUT2D eigenvalue weighted by Crippen LogP contribution is 2.43. The fourth-order valence-electron chi connectivity index (χ4n) is 8.39. The zero-order valence-corrected chi connectivity index (χ0v) is 37.8. The van der Waals surface area contributed by atoms with E-state index in [1.165, 1.54) is 126 Å². The first-order valence-electron chi connectivity index (χ1n) is 23.4. The molecule has 318 valence electrons. The summed E-state index contributed by atoms with van der Waals surface area (Å²) in [6, 6.07) is 34.1. The fraction of sp³-hybridized carbons (Fsp3) is 0.446. The van der Waals surface area contributed by atoms with Crippen molar-refractivity contribution in [1.82, 2.24) is 4.98 Å². The number of nitrogens with zero attached hydrogens (tertiary/aromatic N) is 3. The molecule has 0 aliphatic carbocycles. The van der Waals surface area contributed by atoms with Gasteiger partial charge in [-0.2, -0.15) is 0 Å². The van der Waals surface area contributed by atoms with Crippen LogP contribution in [0.4, 0.5) is 11.4 Å². The predicted molar refractivity (Wildman–Crippen MR) is 260 cm³/mol. The van der Waals surface area contributed by atoms with E-state index in [4.69, 9.17) is 14.7 Å². The Bertz CT molecular complexity index is 1950. The minimum Gasteiger partial charge on any atom is -0.492 e. The number of aryl methyl sites for hydroxylation is 3. The zero-order valence-electron chi connectivity index (χ0n) is 37.8. The van der Waals surface area contributed by atoms with E-state index in [2.05, 4.69) is 131 Å². The van der Waals surface area contributed by atoms with Crippen molar-refractivity contribution in [3.05, 3.63) is 132 Å². The van der Waals surface area contributed by atoms with Gasteiger partial charge in [-0.1, -0.05) is 201 Å². The van der Waals surface area contributed by atoms with Gasteiger partial charge in [0.2, 0.25) is 0 Å². The maximum Gasteiger partial charge on any atom is 0.135 e. The molecule has 1 heterocycles. The van der Waals surface area contributed by atoms with Crippen molar-refractivity contribution in [1.29, 1.82) is 0 Å². The molecule has 0 amide bonds. The van der Waals surface area contributed by atoms with Crippen LogP contribution < -0.4 is 4.74 Å². The number of pyridine rings is 1. The monoisotopic (exact) mass is 804 g/mol. The van der Waals surface area contributed by atoms with Crippen LogP contribution in [-0.2, 0) is 0 Å². The van der Waals surface area contributed by atoms with E-state index in [0.29, 0.717) is 13.0 Å². The van der Waals surface area contributed by atoms with E-state index in [-0.39, 0.29) is 0 Å². The number of benzene rings is 4. The molecular formula is C56H73N3O. The Labute approximate surface area is 364 Å². The Hall–Kier alpha value is -4.83. The Kier molecular flexibility index (Phi) is 20.3. The minimum atomic E-state index is 0.595. The first-order chi connectivity index (χ1) is 29.4. The lowest BCUT2D eigenvalue weighted by Crippen LogP contribution is -2.07. The molecule has 0 saturated heterocycles. The van der Waals surface area contributed by atoms with Gasteiger partial charge in [0.05, 0.1) is 23.7 Å². The van der Waals surface area contributed by atoms with Crippen molar-refractivity contribution in [2.75, 3.05) is 6.61 Å². The Morgan fingerprint density at radius 3 is 1.50 bits per heavy atom. The average molecular weight is 804 g/mol. The largest absolute Gasteiger partial charge is 0.492 e. The van der Waals surface area contributed by atoms with Crippen LogP contribution in [-0.4, -0.2) is 23.0 Å². The highest BCUT2D eigenvalue weighted by Gasteiger charge is 2.17. The fourth-order valence-corrected chi connectivity index (χ4v) is 8.39. The van der Waals surface area contributed by atoms with E-state index in [1.807, 2.05) is 18.5 Å². The van der Waals surface area contributed by atoms with Crippen LogP contribution >= 0.6 is 0 Å². The van der Waals surface area contributed by atoms with Gasteiger partial charge in [-0.25, -0.2) is 0 Å². The molecule has 1 aromatic heterocycles. The van der Waals surface area contributed by atoms with E-state index in [1.54, 1.807) is 0 Å². The lowest BCUT2D eigenvalue weighted by molar-refractivity contribution is 0.306.